The minimum absolute atomic E-state index is 0.155. The van der Waals surface area contributed by atoms with Crippen molar-refractivity contribution in [2.24, 2.45) is 0 Å². The van der Waals surface area contributed by atoms with Crippen molar-refractivity contribution in [1.29, 1.82) is 0 Å². The molecule has 2 aliphatic rings. The highest BCUT2D eigenvalue weighted by molar-refractivity contribution is 5.78. The Hall–Kier alpha value is -1.55. The van der Waals surface area contributed by atoms with Gasteiger partial charge in [0.25, 0.3) is 0 Å². The molecule has 1 saturated heterocycles. The van der Waals surface area contributed by atoms with E-state index in [9.17, 15) is 4.79 Å². The smallest absolute Gasteiger partial charge is 0.221 e. The molecule has 0 bridgehead atoms. The fraction of sp³-hybridized carbons (Fsp3) is 0.500. The van der Waals surface area contributed by atoms with E-state index in [4.69, 9.17) is 4.74 Å². The number of hydrogen-bond donors (Lipinski definition) is 2. The summed E-state index contributed by atoms with van der Waals surface area (Å²) < 4.78 is 5.49. The second kappa shape index (κ2) is 4.98. The molecule has 0 aromatic heterocycles. The summed E-state index contributed by atoms with van der Waals surface area (Å²) in [5.41, 5.74) is 2.66. The number of carbonyl (C=O) groups excluding carboxylic acids is 1. The van der Waals surface area contributed by atoms with Crippen LogP contribution in [0.25, 0.3) is 0 Å². The first-order chi connectivity index (χ1) is 8.81. The zero-order chi connectivity index (χ0) is 12.4. The van der Waals surface area contributed by atoms with Crippen LogP contribution in [0.5, 0.6) is 5.75 Å². The summed E-state index contributed by atoms with van der Waals surface area (Å²) >= 11 is 0. The quantitative estimate of drug-likeness (QED) is 0.820. The van der Waals surface area contributed by atoms with Gasteiger partial charge in [0, 0.05) is 25.4 Å². The molecule has 1 unspecified atom stereocenters. The summed E-state index contributed by atoms with van der Waals surface area (Å²) in [6.45, 7) is 2.49. The average molecular weight is 246 g/mol. The highest BCUT2D eigenvalue weighted by Gasteiger charge is 2.20. The lowest BCUT2D eigenvalue weighted by molar-refractivity contribution is -0.119. The number of fused-ring (bicyclic) bond motifs is 1. The van der Waals surface area contributed by atoms with Crippen LogP contribution in [0.4, 0.5) is 0 Å². The zero-order valence-corrected chi connectivity index (χ0v) is 10.4. The fourth-order valence-electron chi connectivity index (χ4n) is 2.57. The highest BCUT2D eigenvalue weighted by Crippen LogP contribution is 2.25. The highest BCUT2D eigenvalue weighted by atomic mass is 16.5. The van der Waals surface area contributed by atoms with Crippen molar-refractivity contribution in [3.63, 3.8) is 0 Å². The fourth-order valence-corrected chi connectivity index (χ4v) is 2.57. The second-order valence-corrected chi connectivity index (χ2v) is 4.95. The van der Waals surface area contributed by atoms with Gasteiger partial charge in [-0.05, 0) is 30.2 Å². The van der Waals surface area contributed by atoms with Crippen LogP contribution in [-0.4, -0.2) is 31.6 Å². The predicted molar refractivity (Wildman–Crippen MR) is 68.8 cm³/mol. The van der Waals surface area contributed by atoms with Crippen LogP contribution in [0.1, 0.15) is 17.5 Å². The molecule has 0 aliphatic carbocycles. The van der Waals surface area contributed by atoms with E-state index in [1.807, 2.05) is 0 Å². The molecule has 1 aromatic rings. The van der Waals surface area contributed by atoms with Crippen molar-refractivity contribution in [3.05, 3.63) is 29.3 Å². The summed E-state index contributed by atoms with van der Waals surface area (Å²) in [6.07, 6.45) is 2.63. The average Bonchev–Trinajstić information content (AvgIpc) is 2.97. The molecule has 0 spiro atoms. The number of carbonyl (C=O) groups is 1. The number of nitrogens with one attached hydrogen (secondary N) is 2. The second-order valence-electron chi connectivity index (χ2n) is 4.95. The van der Waals surface area contributed by atoms with Crippen molar-refractivity contribution in [3.8, 4) is 5.75 Å². The Labute approximate surface area is 107 Å². The van der Waals surface area contributed by atoms with Gasteiger partial charge in [-0.1, -0.05) is 12.1 Å². The first kappa shape index (κ1) is 11.5. The van der Waals surface area contributed by atoms with Gasteiger partial charge in [0.15, 0.2) is 0 Å². The lowest BCUT2D eigenvalue weighted by atomic mass is 10.1. The van der Waals surface area contributed by atoms with E-state index in [1.54, 1.807) is 0 Å². The zero-order valence-electron chi connectivity index (χ0n) is 10.4. The Kier molecular flexibility index (Phi) is 3.19. The summed E-state index contributed by atoms with van der Waals surface area (Å²) in [7, 11) is 0. The number of hydrogen-bond acceptors (Lipinski definition) is 3. The minimum atomic E-state index is 0.155. The lowest BCUT2D eigenvalue weighted by Gasteiger charge is -2.10. The third-order valence-electron chi connectivity index (χ3n) is 3.58. The summed E-state index contributed by atoms with van der Waals surface area (Å²) in [5, 5.41) is 6.25. The van der Waals surface area contributed by atoms with Crippen molar-refractivity contribution < 1.29 is 9.53 Å². The molecule has 0 radical (unpaired) electrons. The molecule has 1 aromatic carbocycles. The van der Waals surface area contributed by atoms with Gasteiger partial charge in [-0.25, -0.2) is 0 Å². The predicted octanol–water partition coefficient (Wildman–Crippen LogP) is 0.642. The molecule has 3 rings (SSSR count). The van der Waals surface area contributed by atoms with Gasteiger partial charge in [0.05, 0.1) is 6.61 Å². The van der Waals surface area contributed by atoms with E-state index in [2.05, 4.69) is 28.8 Å². The standard InChI is InChI=1S/C14H18N2O2/c17-14-8-12(9-16-14)15-5-3-10-1-2-13-11(7-10)4-6-18-13/h1-2,7,12,15H,3-6,8-9H2,(H,16,17). The molecule has 4 nitrogen and oxygen atoms in total. The molecule has 96 valence electrons. The van der Waals surface area contributed by atoms with Crippen molar-refractivity contribution in [1.82, 2.24) is 10.6 Å². The topological polar surface area (TPSA) is 50.4 Å². The molecule has 2 aliphatic heterocycles. The summed E-state index contributed by atoms with van der Waals surface area (Å²) in [5.74, 6) is 1.19. The van der Waals surface area contributed by atoms with Gasteiger partial charge in [-0.3, -0.25) is 4.79 Å². The Bertz CT molecular complexity index is 459. The Morgan fingerprint density at radius 1 is 1.44 bits per heavy atom. The maximum Gasteiger partial charge on any atom is 0.221 e. The molecule has 1 fully saturated rings. The molecule has 1 atom stereocenters. The molecule has 2 heterocycles. The van der Waals surface area contributed by atoms with Gasteiger partial charge in [-0.15, -0.1) is 0 Å². The van der Waals surface area contributed by atoms with Gasteiger partial charge in [0.1, 0.15) is 5.75 Å². The number of amides is 1. The first-order valence-electron chi connectivity index (χ1n) is 6.56. The summed E-state index contributed by atoms with van der Waals surface area (Å²) in [4.78, 5) is 11.0. The van der Waals surface area contributed by atoms with Crippen molar-refractivity contribution in [2.75, 3.05) is 19.7 Å². The first-order valence-corrected chi connectivity index (χ1v) is 6.56. The Morgan fingerprint density at radius 2 is 2.39 bits per heavy atom. The van der Waals surface area contributed by atoms with Gasteiger partial charge >= 0.3 is 0 Å². The van der Waals surface area contributed by atoms with Crippen LogP contribution in [0.3, 0.4) is 0 Å². The Morgan fingerprint density at radius 3 is 3.22 bits per heavy atom. The molecule has 0 saturated carbocycles. The molecule has 18 heavy (non-hydrogen) atoms. The van der Waals surface area contributed by atoms with E-state index < -0.39 is 0 Å². The molecular weight excluding hydrogens is 228 g/mol. The molecule has 4 heteroatoms. The van der Waals surface area contributed by atoms with E-state index in [0.29, 0.717) is 12.5 Å². The van der Waals surface area contributed by atoms with Crippen molar-refractivity contribution >= 4 is 5.91 Å². The van der Waals surface area contributed by atoms with Gasteiger partial charge < -0.3 is 15.4 Å². The van der Waals surface area contributed by atoms with E-state index in [0.717, 1.165) is 38.3 Å². The van der Waals surface area contributed by atoms with Gasteiger partial charge in [-0.2, -0.15) is 0 Å². The number of ether oxygens (including phenoxy) is 1. The minimum Gasteiger partial charge on any atom is -0.493 e. The number of rotatable bonds is 4. The monoisotopic (exact) mass is 246 g/mol. The maximum atomic E-state index is 11.0. The molecule has 1 amide bonds. The van der Waals surface area contributed by atoms with Crippen LogP contribution in [0.15, 0.2) is 18.2 Å². The van der Waals surface area contributed by atoms with Crippen LogP contribution in [0, 0.1) is 0 Å². The number of benzene rings is 1. The van der Waals surface area contributed by atoms with E-state index >= 15 is 0 Å². The van der Waals surface area contributed by atoms with Crippen LogP contribution >= 0.6 is 0 Å². The molecular formula is C14H18N2O2. The Balaban J connectivity index is 1.50. The largest absolute Gasteiger partial charge is 0.493 e. The van der Waals surface area contributed by atoms with E-state index in [1.165, 1.54) is 11.1 Å². The van der Waals surface area contributed by atoms with Crippen LogP contribution in [0.2, 0.25) is 0 Å². The van der Waals surface area contributed by atoms with Gasteiger partial charge in [0.2, 0.25) is 5.91 Å². The van der Waals surface area contributed by atoms with E-state index in [-0.39, 0.29) is 5.91 Å². The van der Waals surface area contributed by atoms with Crippen LogP contribution < -0.4 is 15.4 Å². The summed E-state index contributed by atoms with van der Waals surface area (Å²) in [6, 6.07) is 6.74. The van der Waals surface area contributed by atoms with Crippen LogP contribution in [-0.2, 0) is 17.6 Å². The lowest BCUT2D eigenvalue weighted by Crippen LogP contribution is -2.32. The van der Waals surface area contributed by atoms with Crippen molar-refractivity contribution in [2.45, 2.75) is 25.3 Å². The normalized spacial score (nSPS) is 21.6. The third kappa shape index (κ3) is 2.48. The third-order valence-corrected chi connectivity index (χ3v) is 3.58. The SMILES string of the molecule is O=C1CC(NCCc2ccc3c(c2)CCO3)CN1. The molecule has 2 N–H and O–H groups in total. The maximum absolute atomic E-state index is 11.0.